The lowest BCUT2D eigenvalue weighted by Crippen LogP contribution is -2.00. The van der Waals surface area contributed by atoms with E-state index in [9.17, 15) is 0 Å². The van der Waals surface area contributed by atoms with Crippen molar-refractivity contribution in [2.45, 2.75) is 6.61 Å². The van der Waals surface area contributed by atoms with E-state index in [2.05, 4.69) is 0 Å². The van der Waals surface area contributed by atoms with Gasteiger partial charge >= 0.3 is 0 Å². The summed E-state index contributed by atoms with van der Waals surface area (Å²) >= 11 is 11.1. The number of hydrogen-bond acceptors (Lipinski definition) is 3. The standard InChI is InChI=1S/C11H12Cl2O3/c1-15-10-3-2-8(6-14)11(4-10)16-7-9(13)5-12/h2-5,14H,6-7H2,1H3. The number of benzene rings is 1. The van der Waals surface area contributed by atoms with E-state index in [1.165, 1.54) is 5.54 Å². The Morgan fingerprint density at radius 3 is 2.81 bits per heavy atom. The van der Waals surface area contributed by atoms with Crippen LogP contribution in [0.2, 0.25) is 0 Å². The Bertz CT molecular complexity index is 377. The van der Waals surface area contributed by atoms with E-state index in [1.54, 1.807) is 25.3 Å². The fourth-order valence-corrected chi connectivity index (χ4v) is 1.22. The van der Waals surface area contributed by atoms with Crippen LogP contribution in [0.3, 0.4) is 0 Å². The van der Waals surface area contributed by atoms with Gasteiger partial charge in [-0.3, -0.25) is 0 Å². The molecule has 3 nitrogen and oxygen atoms in total. The van der Waals surface area contributed by atoms with Crippen LogP contribution >= 0.6 is 23.2 Å². The minimum Gasteiger partial charge on any atom is -0.497 e. The van der Waals surface area contributed by atoms with Crippen LogP contribution in [0.25, 0.3) is 0 Å². The van der Waals surface area contributed by atoms with E-state index < -0.39 is 0 Å². The maximum Gasteiger partial charge on any atom is 0.129 e. The van der Waals surface area contributed by atoms with Crippen molar-refractivity contribution in [2.75, 3.05) is 13.7 Å². The molecule has 0 atom stereocenters. The summed E-state index contributed by atoms with van der Waals surface area (Å²) in [6, 6.07) is 5.16. The predicted octanol–water partition coefficient (Wildman–Crippen LogP) is 2.89. The Kier molecular flexibility index (Phi) is 5.46. The molecule has 1 N–H and O–H groups in total. The molecule has 0 saturated carbocycles. The smallest absolute Gasteiger partial charge is 0.129 e. The van der Waals surface area contributed by atoms with Crippen LogP contribution in [0, 0.1) is 0 Å². The van der Waals surface area contributed by atoms with Gasteiger partial charge in [0.25, 0.3) is 0 Å². The van der Waals surface area contributed by atoms with Crippen molar-refractivity contribution in [3.63, 3.8) is 0 Å². The average Bonchev–Trinajstić information content (AvgIpc) is 2.35. The summed E-state index contributed by atoms with van der Waals surface area (Å²) in [6.45, 7) is 0.0484. The molecule has 5 heteroatoms. The number of hydrogen-bond donors (Lipinski definition) is 1. The van der Waals surface area contributed by atoms with Crippen LogP contribution in [0.5, 0.6) is 11.5 Å². The molecule has 0 aromatic heterocycles. The lowest BCUT2D eigenvalue weighted by atomic mass is 10.2. The minimum absolute atomic E-state index is 0.110. The summed E-state index contributed by atoms with van der Waals surface area (Å²) in [4.78, 5) is 0. The summed E-state index contributed by atoms with van der Waals surface area (Å²) in [5, 5.41) is 9.49. The first-order chi connectivity index (χ1) is 7.71. The van der Waals surface area contributed by atoms with E-state index in [1.807, 2.05) is 0 Å². The molecule has 0 heterocycles. The molecule has 0 radical (unpaired) electrons. The summed E-state index contributed by atoms with van der Waals surface area (Å²) in [6.07, 6.45) is 0. The molecule has 0 unspecified atom stereocenters. The molecule has 1 aromatic rings. The SMILES string of the molecule is COc1ccc(CO)c(OCC(Cl)=CCl)c1. The molecule has 16 heavy (non-hydrogen) atoms. The van der Waals surface area contributed by atoms with Crippen LogP contribution in [-0.4, -0.2) is 18.8 Å². The highest BCUT2D eigenvalue weighted by Crippen LogP contribution is 2.25. The number of halogens is 2. The van der Waals surface area contributed by atoms with Crippen molar-refractivity contribution >= 4 is 23.2 Å². The van der Waals surface area contributed by atoms with Gasteiger partial charge in [0, 0.05) is 17.2 Å². The van der Waals surface area contributed by atoms with E-state index in [0.29, 0.717) is 22.1 Å². The topological polar surface area (TPSA) is 38.7 Å². The Balaban J connectivity index is 2.83. The maximum absolute atomic E-state index is 9.11. The van der Waals surface area contributed by atoms with Crippen LogP contribution in [0.4, 0.5) is 0 Å². The fourth-order valence-electron chi connectivity index (χ4n) is 1.11. The van der Waals surface area contributed by atoms with Gasteiger partial charge in [0.15, 0.2) is 0 Å². The molecule has 1 rings (SSSR count). The summed E-state index contributed by atoms with van der Waals surface area (Å²) in [7, 11) is 1.56. The third-order valence-corrected chi connectivity index (χ3v) is 2.52. The first kappa shape index (κ1) is 13.2. The first-order valence-corrected chi connectivity index (χ1v) is 5.38. The third kappa shape index (κ3) is 3.59. The Morgan fingerprint density at radius 1 is 1.50 bits per heavy atom. The number of rotatable bonds is 5. The zero-order chi connectivity index (χ0) is 12.0. The van der Waals surface area contributed by atoms with Gasteiger partial charge in [-0.15, -0.1) is 0 Å². The molecule has 0 amide bonds. The average molecular weight is 263 g/mol. The minimum atomic E-state index is -0.110. The van der Waals surface area contributed by atoms with Crippen molar-refractivity contribution in [1.29, 1.82) is 0 Å². The van der Waals surface area contributed by atoms with Gasteiger partial charge in [0.05, 0.1) is 18.7 Å². The van der Waals surface area contributed by atoms with Crippen molar-refractivity contribution in [2.24, 2.45) is 0 Å². The molecule has 0 aliphatic carbocycles. The van der Waals surface area contributed by atoms with E-state index in [-0.39, 0.29) is 13.2 Å². The van der Waals surface area contributed by atoms with Gasteiger partial charge in [-0.2, -0.15) is 0 Å². The molecule has 1 aromatic carbocycles. The lowest BCUT2D eigenvalue weighted by Gasteiger charge is -2.11. The molecular formula is C11H12Cl2O3. The van der Waals surface area contributed by atoms with Gasteiger partial charge in [0.2, 0.25) is 0 Å². The zero-order valence-electron chi connectivity index (χ0n) is 8.74. The van der Waals surface area contributed by atoms with Gasteiger partial charge in [-0.25, -0.2) is 0 Å². The molecule has 0 fully saturated rings. The molecule has 0 aliphatic heterocycles. The highest BCUT2D eigenvalue weighted by molar-refractivity contribution is 6.36. The second kappa shape index (κ2) is 6.63. The van der Waals surface area contributed by atoms with E-state index >= 15 is 0 Å². The monoisotopic (exact) mass is 262 g/mol. The van der Waals surface area contributed by atoms with Gasteiger partial charge in [0.1, 0.15) is 18.1 Å². The Labute approximate surface area is 104 Å². The largest absolute Gasteiger partial charge is 0.497 e. The lowest BCUT2D eigenvalue weighted by molar-refractivity contribution is 0.269. The highest BCUT2D eigenvalue weighted by Gasteiger charge is 2.05. The predicted molar refractivity (Wildman–Crippen MR) is 64.2 cm³/mol. The Hall–Kier alpha value is -0.900. The summed E-state index contributed by atoms with van der Waals surface area (Å²) in [5.41, 5.74) is 1.90. The highest BCUT2D eigenvalue weighted by atomic mass is 35.5. The van der Waals surface area contributed by atoms with Crippen molar-refractivity contribution in [1.82, 2.24) is 0 Å². The number of ether oxygens (including phenoxy) is 2. The third-order valence-electron chi connectivity index (χ3n) is 1.93. The second-order valence-electron chi connectivity index (χ2n) is 2.98. The van der Waals surface area contributed by atoms with Gasteiger partial charge in [-0.1, -0.05) is 23.2 Å². The van der Waals surface area contributed by atoms with E-state index in [4.69, 9.17) is 37.8 Å². The first-order valence-electron chi connectivity index (χ1n) is 4.56. The summed E-state index contributed by atoms with van der Waals surface area (Å²) in [5.74, 6) is 1.18. The van der Waals surface area contributed by atoms with Crippen molar-refractivity contribution in [3.05, 3.63) is 34.3 Å². The number of aliphatic hydroxyl groups excluding tert-OH is 1. The van der Waals surface area contributed by atoms with Crippen molar-refractivity contribution < 1.29 is 14.6 Å². The molecule has 0 bridgehead atoms. The van der Waals surface area contributed by atoms with Gasteiger partial charge in [-0.05, 0) is 12.1 Å². The Morgan fingerprint density at radius 2 is 2.25 bits per heavy atom. The summed E-state index contributed by atoms with van der Waals surface area (Å²) < 4.78 is 10.5. The van der Waals surface area contributed by atoms with Crippen LogP contribution in [-0.2, 0) is 6.61 Å². The molecule has 0 spiro atoms. The molecular weight excluding hydrogens is 251 g/mol. The number of methoxy groups -OCH3 is 1. The number of aliphatic hydroxyl groups is 1. The quantitative estimate of drug-likeness (QED) is 0.887. The fraction of sp³-hybridized carbons (Fsp3) is 0.273. The van der Waals surface area contributed by atoms with Crippen LogP contribution in [0.1, 0.15) is 5.56 Å². The van der Waals surface area contributed by atoms with Crippen LogP contribution < -0.4 is 9.47 Å². The molecule has 0 aliphatic rings. The van der Waals surface area contributed by atoms with Crippen molar-refractivity contribution in [3.8, 4) is 11.5 Å². The molecule has 88 valence electrons. The zero-order valence-corrected chi connectivity index (χ0v) is 10.3. The van der Waals surface area contributed by atoms with Crippen LogP contribution in [0.15, 0.2) is 28.8 Å². The molecule has 0 saturated heterocycles. The second-order valence-corrected chi connectivity index (χ2v) is 3.68. The normalized spacial score (nSPS) is 11.4. The maximum atomic E-state index is 9.11. The van der Waals surface area contributed by atoms with E-state index in [0.717, 1.165) is 0 Å². The van der Waals surface area contributed by atoms with Gasteiger partial charge < -0.3 is 14.6 Å².